The molecule has 0 N–H and O–H groups in total. The van der Waals surface area contributed by atoms with E-state index >= 15 is 0 Å². The van der Waals surface area contributed by atoms with Crippen LogP contribution in [0.4, 0.5) is 4.39 Å². The molecule has 1 unspecified atom stereocenters. The lowest BCUT2D eigenvalue weighted by Crippen LogP contribution is -2.08. The zero-order valence-electron chi connectivity index (χ0n) is 8.05. The predicted octanol–water partition coefficient (Wildman–Crippen LogP) is 3.69. The van der Waals surface area contributed by atoms with Gasteiger partial charge >= 0.3 is 0 Å². The molecule has 0 bridgehead atoms. The van der Waals surface area contributed by atoms with E-state index in [1.165, 1.54) is 12.1 Å². The maximum Gasteiger partial charge on any atom is 0.155 e. The average molecular weight is 249 g/mol. The van der Waals surface area contributed by atoms with Crippen molar-refractivity contribution < 1.29 is 9.18 Å². The number of ketones is 1. The van der Waals surface area contributed by atoms with E-state index in [-0.39, 0.29) is 17.8 Å². The molecular weight excluding hydrogens is 238 g/mol. The Morgan fingerprint density at radius 2 is 2.07 bits per heavy atom. The highest BCUT2D eigenvalue weighted by Gasteiger charge is 2.19. The summed E-state index contributed by atoms with van der Waals surface area (Å²) in [6, 6.07) is 6.03. The van der Waals surface area contributed by atoms with Crippen molar-refractivity contribution in [2.24, 2.45) is 0 Å². The molecule has 0 radical (unpaired) electrons. The molecule has 1 aromatic carbocycles. The lowest BCUT2D eigenvalue weighted by Gasteiger charge is -2.08. The molecule has 4 heteroatoms. The summed E-state index contributed by atoms with van der Waals surface area (Å²) >= 11 is 11.3. The number of benzene rings is 1. The lowest BCUT2D eigenvalue weighted by molar-refractivity contribution is -0.118. The third-order valence-corrected chi connectivity index (χ3v) is 2.76. The van der Waals surface area contributed by atoms with Crippen LogP contribution in [0.2, 0.25) is 0 Å². The smallest absolute Gasteiger partial charge is 0.155 e. The Morgan fingerprint density at radius 1 is 1.40 bits per heavy atom. The molecule has 15 heavy (non-hydrogen) atoms. The van der Waals surface area contributed by atoms with Crippen molar-refractivity contribution in [2.45, 2.75) is 18.2 Å². The molecule has 1 aromatic rings. The number of carbonyl (C=O) groups is 1. The van der Waals surface area contributed by atoms with Crippen molar-refractivity contribution in [3.8, 4) is 0 Å². The monoisotopic (exact) mass is 248 g/mol. The first-order valence-electron chi connectivity index (χ1n) is 4.64. The minimum Gasteiger partial charge on any atom is -0.298 e. The first-order chi connectivity index (χ1) is 7.16. The molecule has 0 saturated carbocycles. The summed E-state index contributed by atoms with van der Waals surface area (Å²) in [6.45, 7) is 0. The van der Waals surface area contributed by atoms with Crippen LogP contribution in [0.3, 0.4) is 0 Å². The fourth-order valence-electron chi connectivity index (χ4n) is 1.22. The quantitative estimate of drug-likeness (QED) is 0.727. The van der Waals surface area contributed by atoms with Gasteiger partial charge < -0.3 is 0 Å². The van der Waals surface area contributed by atoms with Crippen LogP contribution in [-0.4, -0.2) is 11.7 Å². The van der Waals surface area contributed by atoms with E-state index in [9.17, 15) is 9.18 Å². The number of carbonyl (C=O) groups excluding carboxylic acids is 1. The highest BCUT2D eigenvalue weighted by molar-refractivity contribution is 6.31. The Morgan fingerprint density at radius 3 is 2.67 bits per heavy atom. The van der Waals surface area contributed by atoms with E-state index in [1.807, 2.05) is 0 Å². The maximum atomic E-state index is 13.3. The molecule has 0 spiro atoms. The zero-order valence-corrected chi connectivity index (χ0v) is 9.56. The van der Waals surface area contributed by atoms with Crippen LogP contribution in [0.5, 0.6) is 0 Å². The summed E-state index contributed by atoms with van der Waals surface area (Å²) in [4.78, 5) is 11.5. The fourth-order valence-corrected chi connectivity index (χ4v) is 1.64. The highest BCUT2D eigenvalue weighted by atomic mass is 35.5. The van der Waals surface area contributed by atoms with E-state index in [0.717, 1.165) is 0 Å². The van der Waals surface area contributed by atoms with E-state index in [0.29, 0.717) is 12.3 Å². The third kappa shape index (κ3) is 3.47. The number of hydrogen-bond donors (Lipinski definition) is 0. The second-order valence-electron chi connectivity index (χ2n) is 3.14. The highest BCUT2D eigenvalue weighted by Crippen LogP contribution is 2.25. The Bertz CT molecular complexity index is 341. The number of rotatable bonds is 5. The standard InChI is InChI=1S/C11H11Cl2FO/c12-7-3-6-10(15)11(13)8-4-1-2-5-9(8)14/h1-2,4-5,11H,3,6-7H2. The Labute approximate surface area is 98.2 Å². The number of halogens is 3. The molecule has 0 fully saturated rings. The normalized spacial score (nSPS) is 12.5. The van der Waals surface area contributed by atoms with Gasteiger partial charge in [0.15, 0.2) is 5.78 Å². The van der Waals surface area contributed by atoms with Crippen LogP contribution in [-0.2, 0) is 4.79 Å². The van der Waals surface area contributed by atoms with Crippen LogP contribution >= 0.6 is 23.2 Å². The minimum absolute atomic E-state index is 0.192. The van der Waals surface area contributed by atoms with Crippen LogP contribution in [0, 0.1) is 5.82 Å². The first kappa shape index (κ1) is 12.5. The molecule has 0 heterocycles. The molecule has 1 atom stereocenters. The Hall–Kier alpha value is -0.600. The van der Waals surface area contributed by atoms with Crippen LogP contribution in [0.25, 0.3) is 0 Å². The van der Waals surface area contributed by atoms with E-state index < -0.39 is 11.2 Å². The summed E-state index contributed by atoms with van der Waals surface area (Å²) in [5.74, 6) is -0.230. The van der Waals surface area contributed by atoms with Crippen molar-refractivity contribution in [3.05, 3.63) is 35.6 Å². The van der Waals surface area contributed by atoms with Gasteiger partial charge in [-0.2, -0.15) is 0 Å². The summed E-state index contributed by atoms with van der Waals surface area (Å²) in [6.07, 6.45) is 0.851. The molecule has 0 amide bonds. The van der Waals surface area contributed by atoms with Gasteiger partial charge in [0.2, 0.25) is 0 Å². The fraction of sp³-hybridized carbons (Fsp3) is 0.364. The van der Waals surface area contributed by atoms with Gasteiger partial charge in [0.05, 0.1) is 0 Å². The molecule has 0 aromatic heterocycles. The van der Waals surface area contributed by atoms with E-state index in [4.69, 9.17) is 23.2 Å². The summed E-state index contributed by atoms with van der Waals surface area (Å²) in [5, 5.41) is -0.908. The largest absolute Gasteiger partial charge is 0.298 e. The second kappa shape index (κ2) is 6.09. The SMILES string of the molecule is O=C(CCCCl)C(Cl)c1ccccc1F. The third-order valence-electron chi connectivity index (χ3n) is 2.02. The summed E-state index contributed by atoms with van der Waals surface area (Å²) in [7, 11) is 0. The van der Waals surface area contributed by atoms with E-state index in [1.54, 1.807) is 12.1 Å². The van der Waals surface area contributed by atoms with Crippen LogP contribution < -0.4 is 0 Å². The first-order valence-corrected chi connectivity index (χ1v) is 5.61. The van der Waals surface area contributed by atoms with Gasteiger partial charge in [-0.15, -0.1) is 23.2 Å². The predicted molar refractivity (Wildman–Crippen MR) is 60.0 cm³/mol. The van der Waals surface area contributed by atoms with Crippen LogP contribution in [0.15, 0.2) is 24.3 Å². The van der Waals surface area contributed by atoms with Gasteiger partial charge in [-0.3, -0.25) is 4.79 Å². The maximum absolute atomic E-state index is 13.3. The number of alkyl halides is 2. The Kier molecular flexibility index (Phi) is 5.06. The van der Waals surface area contributed by atoms with Crippen molar-refractivity contribution >= 4 is 29.0 Å². The molecule has 82 valence electrons. The van der Waals surface area contributed by atoms with Crippen molar-refractivity contribution in [1.82, 2.24) is 0 Å². The van der Waals surface area contributed by atoms with E-state index in [2.05, 4.69) is 0 Å². The molecule has 0 aliphatic heterocycles. The molecular formula is C11H11Cl2FO. The van der Waals surface area contributed by atoms with Gasteiger partial charge in [0.25, 0.3) is 0 Å². The molecule has 1 rings (SSSR count). The second-order valence-corrected chi connectivity index (χ2v) is 3.96. The summed E-state index contributed by atoms with van der Waals surface area (Å²) in [5.41, 5.74) is 0.235. The Balaban J connectivity index is 2.72. The number of Topliss-reactive ketones (excluding diaryl/α,β-unsaturated/α-hetero) is 1. The minimum atomic E-state index is -0.908. The van der Waals surface area contributed by atoms with Gasteiger partial charge in [-0.25, -0.2) is 4.39 Å². The molecule has 1 nitrogen and oxygen atoms in total. The zero-order chi connectivity index (χ0) is 11.3. The lowest BCUT2D eigenvalue weighted by atomic mass is 10.1. The van der Waals surface area contributed by atoms with Crippen LogP contribution in [0.1, 0.15) is 23.8 Å². The summed E-state index contributed by atoms with van der Waals surface area (Å²) < 4.78 is 13.3. The van der Waals surface area contributed by atoms with Crippen molar-refractivity contribution in [3.63, 3.8) is 0 Å². The average Bonchev–Trinajstić information content (AvgIpc) is 2.25. The molecule has 0 saturated heterocycles. The van der Waals surface area contributed by atoms with Crippen molar-refractivity contribution in [1.29, 1.82) is 0 Å². The topological polar surface area (TPSA) is 17.1 Å². The van der Waals surface area contributed by atoms with Gasteiger partial charge in [-0.05, 0) is 12.5 Å². The van der Waals surface area contributed by atoms with Crippen molar-refractivity contribution in [2.75, 3.05) is 5.88 Å². The number of hydrogen-bond acceptors (Lipinski definition) is 1. The van der Waals surface area contributed by atoms with Gasteiger partial charge in [0.1, 0.15) is 11.2 Å². The molecule has 0 aliphatic carbocycles. The van der Waals surface area contributed by atoms with Gasteiger partial charge in [-0.1, -0.05) is 18.2 Å². The molecule has 0 aliphatic rings. The van der Waals surface area contributed by atoms with Gasteiger partial charge in [0, 0.05) is 17.9 Å².